The molecule has 0 saturated heterocycles. The third kappa shape index (κ3) is 12.1. The molecule has 0 aromatic heterocycles. The van der Waals surface area contributed by atoms with Crippen LogP contribution in [0.4, 0.5) is 0 Å². The summed E-state index contributed by atoms with van der Waals surface area (Å²) in [6.45, 7) is 7.43. The Labute approximate surface area is 153 Å². The van der Waals surface area contributed by atoms with Gasteiger partial charge in [0, 0.05) is 0 Å². The van der Waals surface area contributed by atoms with Crippen LogP contribution in [0.1, 0.15) is 89.5 Å². The van der Waals surface area contributed by atoms with E-state index in [0.717, 1.165) is 0 Å². The summed E-state index contributed by atoms with van der Waals surface area (Å²) in [6.07, 6.45) is 20.3. The third-order valence-corrected chi connectivity index (χ3v) is 8.31. The van der Waals surface area contributed by atoms with E-state index in [1.54, 1.807) is 5.56 Å². The van der Waals surface area contributed by atoms with Crippen molar-refractivity contribution in [2.45, 2.75) is 90.1 Å². The quantitative estimate of drug-likeness (QED) is 0.223. The summed E-state index contributed by atoms with van der Waals surface area (Å²) in [5, 5.41) is 0. The van der Waals surface area contributed by atoms with Crippen molar-refractivity contribution < 1.29 is 0 Å². The third-order valence-electron chi connectivity index (χ3n) is 5.23. The summed E-state index contributed by atoms with van der Waals surface area (Å²) in [5.74, 6) is 0. The molecule has 0 aliphatic carbocycles. The van der Waals surface area contributed by atoms with Crippen molar-refractivity contribution in [3.8, 4) is 0 Å². The first kappa shape index (κ1) is 21.7. The molecule has 0 aliphatic heterocycles. The van der Waals surface area contributed by atoms with E-state index in [4.69, 9.17) is 0 Å². The fourth-order valence-electron chi connectivity index (χ4n) is 3.68. The maximum absolute atomic E-state index is 2.57. The van der Waals surface area contributed by atoms with Crippen molar-refractivity contribution in [3.05, 3.63) is 35.9 Å². The van der Waals surface area contributed by atoms with Gasteiger partial charge in [-0.1, -0.05) is 13.3 Å². The molecule has 1 aromatic carbocycles. The molecule has 0 unspecified atom stereocenters. The fraction of sp³-hybridized carbons (Fsp3) is 0.739. The number of hydrogen-bond donors (Lipinski definition) is 0. The van der Waals surface area contributed by atoms with Crippen molar-refractivity contribution in [1.82, 2.24) is 0 Å². The molecule has 0 amide bonds. The zero-order valence-electron chi connectivity index (χ0n) is 16.8. The molecule has 140 valence electrons. The van der Waals surface area contributed by atoms with Crippen molar-refractivity contribution in [2.75, 3.05) is 19.5 Å². The number of unbranched alkanes of at least 4 members (excludes halogenated alkanes) is 11. The molecule has 0 heterocycles. The van der Waals surface area contributed by atoms with E-state index in [9.17, 15) is 0 Å². The van der Waals surface area contributed by atoms with Crippen LogP contribution >= 0.6 is 7.26 Å². The Kier molecular flexibility index (Phi) is 12.6. The van der Waals surface area contributed by atoms with Gasteiger partial charge in [0.2, 0.25) is 0 Å². The topological polar surface area (TPSA) is 0 Å². The normalized spacial score (nSPS) is 12.5. The average molecular weight is 351 g/mol. The predicted molar refractivity (Wildman–Crippen MR) is 116 cm³/mol. The second kappa shape index (κ2) is 13.9. The Hall–Kier alpha value is -0.350. The van der Waals surface area contributed by atoms with Gasteiger partial charge >= 0.3 is 139 Å². The van der Waals surface area contributed by atoms with Gasteiger partial charge in [0.15, 0.2) is 0 Å². The molecular weight excluding hydrogens is 307 g/mol. The molecule has 1 aromatic rings. The van der Waals surface area contributed by atoms with Crippen molar-refractivity contribution >= 4 is 7.26 Å². The molecule has 0 N–H and O–H groups in total. The van der Waals surface area contributed by atoms with Crippen LogP contribution in [0.25, 0.3) is 0 Å². The molecule has 1 heteroatoms. The Bertz CT molecular complexity index is 382. The van der Waals surface area contributed by atoms with Gasteiger partial charge in [0.25, 0.3) is 0 Å². The monoisotopic (exact) mass is 350 g/mol. The summed E-state index contributed by atoms with van der Waals surface area (Å²) < 4.78 is 0. The van der Waals surface area contributed by atoms with Crippen molar-refractivity contribution in [2.24, 2.45) is 0 Å². The number of hydrogen-bond acceptors (Lipinski definition) is 0. The molecule has 0 fully saturated rings. The molecule has 0 nitrogen and oxygen atoms in total. The Morgan fingerprint density at radius 1 is 0.625 bits per heavy atom. The van der Waals surface area contributed by atoms with Gasteiger partial charge in [0.1, 0.15) is 0 Å². The van der Waals surface area contributed by atoms with Gasteiger partial charge in [-0.15, -0.1) is 0 Å². The van der Waals surface area contributed by atoms with E-state index in [1.807, 2.05) is 0 Å². The zero-order chi connectivity index (χ0) is 17.5. The van der Waals surface area contributed by atoms with E-state index in [-0.39, 0.29) is 0 Å². The van der Waals surface area contributed by atoms with E-state index >= 15 is 0 Å². The van der Waals surface area contributed by atoms with Gasteiger partial charge in [-0.25, -0.2) is 0 Å². The number of rotatable bonds is 15. The first-order valence-corrected chi connectivity index (χ1v) is 14.1. The summed E-state index contributed by atoms with van der Waals surface area (Å²) in [5.41, 5.74) is 1.55. The molecule has 0 spiro atoms. The van der Waals surface area contributed by atoms with Crippen LogP contribution in [0.2, 0.25) is 0 Å². The summed E-state index contributed by atoms with van der Waals surface area (Å²) in [6, 6.07) is 11.1. The van der Waals surface area contributed by atoms with E-state index in [1.165, 1.54) is 89.4 Å². The van der Waals surface area contributed by atoms with E-state index in [0.29, 0.717) is 0 Å². The van der Waals surface area contributed by atoms with Crippen LogP contribution in [0.15, 0.2) is 30.3 Å². The molecule has 0 radical (unpaired) electrons. The van der Waals surface area contributed by atoms with Crippen LogP contribution < -0.4 is 0 Å². The molecular formula is C23H43P. The average Bonchev–Trinajstić information content (AvgIpc) is 2.56. The van der Waals surface area contributed by atoms with Crippen molar-refractivity contribution in [1.29, 1.82) is 0 Å². The first-order chi connectivity index (χ1) is 11.6. The standard InChI is InChI=1S/C23H43P/c1-4-5-6-7-8-9-10-11-12-13-14-18-21-24(2,3)22-23-19-16-15-17-20-23/h15-17,19-20,24H,4-14,18,21-22H2,1-3H3. The second-order valence-corrected chi connectivity index (χ2v) is 13.6. The molecule has 0 atom stereocenters. The van der Waals surface area contributed by atoms with E-state index < -0.39 is 7.26 Å². The maximum atomic E-state index is 2.57. The first-order valence-electron chi connectivity index (χ1n) is 10.7. The zero-order valence-corrected chi connectivity index (χ0v) is 17.8. The minimum atomic E-state index is -1.04. The fourth-order valence-corrected chi connectivity index (χ4v) is 6.41. The summed E-state index contributed by atoms with van der Waals surface area (Å²) >= 11 is 0. The van der Waals surface area contributed by atoms with Gasteiger partial charge < -0.3 is 0 Å². The van der Waals surface area contributed by atoms with E-state index in [2.05, 4.69) is 50.6 Å². The minimum absolute atomic E-state index is 1.04. The van der Waals surface area contributed by atoms with Crippen LogP contribution in [0.5, 0.6) is 0 Å². The SMILES string of the molecule is CCCCCCCCCCCCCC[PH](C)(C)Cc1ccccc1. The van der Waals surface area contributed by atoms with Crippen molar-refractivity contribution in [3.63, 3.8) is 0 Å². The van der Waals surface area contributed by atoms with Crippen LogP contribution in [-0.4, -0.2) is 19.5 Å². The van der Waals surface area contributed by atoms with Gasteiger partial charge in [-0.05, 0) is 0 Å². The predicted octanol–water partition coefficient (Wildman–Crippen LogP) is 7.90. The Morgan fingerprint density at radius 3 is 1.58 bits per heavy atom. The second-order valence-electron chi connectivity index (χ2n) is 8.47. The van der Waals surface area contributed by atoms with Gasteiger partial charge in [-0.3, -0.25) is 0 Å². The van der Waals surface area contributed by atoms with Crippen LogP contribution in [0.3, 0.4) is 0 Å². The molecule has 24 heavy (non-hydrogen) atoms. The molecule has 0 aliphatic rings. The number of benzene rings is 1. The summed E-state index contributed by atoms with van der Waals surface area (Å²) in [4.78, 5) is 0. The Balaban J connectivity index is 1.92. The van der Waals surface area contributed by atoms with Gasteiger partial charge in [-0.2, -0.15) is 0 Å². The van der Waals surface area contributed by atoms with Gasteiger partial charge in [0.05, 0.1) is 0 Å². The Morgan fingerprint density at radius 2 is 1.08 bits per heavy atom. The van der Waals surface area contributed by atoms with Crippen LogP contribution in [0, 0.1) is 0 Å². The molecule has 1 rings (SSSR count). The summed E-state index contributed by atoms with van der Waals surface area (Å²) in [7, 11) is -1.04. The molecule has 0 saturated carbocycles. The van der Waals surface area contributed by atoms with Crippen LogP contribution in [-0.2, 0) is 6.16 Å². The molecule has 0 bridgehead atoms.